The Morgan fingerprint density at radius 2 is 2.10 bits per heavy atom. The Hall–Kier alpha value is -0.830. The van der Waals surface area contributed by atoms with Crippen LogP contribution in [0.1, 0.15) is 59.8 Å². The van der Waals surface area contributed by atoms with Gasteiger partial charge >= 0.3 is 5.97 Å². The van der Waals surface area contributed by atoms with Gasteiger partial charge in [-0.05, 0) is 50.9 Å². The summed E-state index contributed by atoms with van der Waals surface area (Å²) >= 11 is 0. The van der Waals surface area contributed by atoms with Crippen LogP contribution in [0.2, 0.25) is 0 Å². The van der Waals surface area contributed by atoms with Crippen molar-refractivity contribution in [2.24, 2.45) is 17.8 Å². The third-order valence-electron chi connectivity index (χ3n) is 5.44. The zero-order chi connectivity index (χ0) is 15.1. The fourth-order valence-corrected chi connectivity index (χ4v) is 4.66. The van der Waals surface area contributed by atoms with E-state index in [1.54, 1.807) is 0 Å². The first kappa shape index (κ1) is 15.6. The number of aliphatic hydroxyl groups is 1. The Bertz CT molecular complexity index is 414. The summed E-state index contributed by atoms with van der Waals surface area (Å²) in [6.07, 6.45) is 4.19. The first-order valence-electron chi connectivity index (χ1n) is 7.77. The maximum absolute atomic E-state index is 11.5. The number of ether oxygens (including phenoxy) is 1. The summed E-state index contributed by atoms with van der Waals surface area (Å²) in [4.78, 5) is 11.5. The molecule has 4 atom stereocenters. The lowest BCUT2D eigenvalue weighted by Gasteiger charge is -2.57. The molecule has 2 aliphatic carbocycles. The molecule has 3 nitrogen and oxygen atoms in total. The van der Waals surface area contributed by atoms with Crippen LogP contribution in [-0.2, 0) is 9.53 Å². The van der Waals surface area contributed by atoms with Gasteiger partial charge in [-0.3, -0.25) is 4.79 Å². The minimum atomic E-state index is -0.772. The number of carbonyl (C=O) groups is 1. The van der Waals surface area contributed by atoms with Crippen LogP contribution in [0.3, 0.4) is 0 Å². The number of esters is 1. The van der Waals surface area contributed by atoms with Crippen molar-refractivity contribution in [3.8, 4) is 0 Å². The van der Waals surface area contributed by atoms with E-state index in [4.69, 9.17) is 4.74 Å². The third kappa shape index (κ3) is 2.52. The Morgan fingerprint density at radius 3 is 2.65 bits per heavy atom. The first-order valence-corrected chi connectivity index (χ1v) is 7.77. The van der Waals surface area contributed by atoms with Gasteiger partial charge in [0.1, 0.15) is 5.60 Å². The standard InChI is InChI=1S/C17H28O3/c1-11(2)14-8-9-16(5,20-13(4)18)15-7-6-12(3)10-17(14,15)19/h11,14-15,19H,3,6-10H2,1-2,4-5H3/t14?,15?,16-,17-/m1/s1. The highest BCUT2D eigenvalue weighted by Gasteiger charge is 2.58. The molecule has 0 amide bonds. The molecule has 2 fully saturated rings. The number of hydrogen-bond acceptors (Lipinski definition) is 3. The van der Waals surface area contributed by atoms with Crippen molar-refractivity contribution in [2.75, 3.05) is 0 Å². The van der Waals surface area contributed by atoms with E-state index in [0.717, 1.165) is 31.3 Å². The quantitative estimate of drug-likeness (QED) is 0.622. The van der Waals surface area contributed by atoms with Crippen LogP contribution in [0.5, 0.6) is 0 Å². The second kappa shape index (κ2) is 5.18. The molecule has 0 aliphatic heterocycles. The smallest absolute Gasteiger partial charge is 0.303 e. The molecule has 2 rings (SSSR count). The maximum atomic E-state index is 11.5. The van der Waals surface area contributed by atoms with E-state index in [-0.39, 0.29) is 17.8 Å². The molecule has 0 saturated heterocycles. The van der Waals surface area contributed by atoms with Gasteiger partial charge in [0.15, 0.2) is 0 Å². The summed E-state index contributed by atoms with van der Waals surface area (Å²) in [5.74, 6) is 0.455. The van der Waals surface area contributed by atoms with Crippen molar-refractivity contribution in [3.05, 3.63) is 12.2 Å². The lowest BCUT2D eigenvalue weighted by atomic mass is 9.54. The van der Waals surface area contributed by atoms with Crippen molar-refractivity contribution >= 4 is 5.97 Å². The topological polar surface area (TPSA) is 46.5 Å². The molecular weight excluding hydrogens is 252 g/mol. The van der Waals surface area contributed by atoms with E-state index in [0.29, 0.717) is 12.3 Å². The van der Waals surface area contributed by atoms with Gasteiger partial charge in [-0.15, -0.1) is 0 Å². The predicted octanol–water partition coefficient (Wildman–Crippen LogP) is 3.46. The van der Waals surface area contributed by atoms with E-state index in [2.05, 4.69) is 20.4 Å². The van der Waals surface area contributed by atoms with Crippen LogP contribution in [0.15, 0.2) is 12.2 Å². The van der Waals surface area contributed by atoms with Crippen molar-refractivity contribution in [1.82, 2.24) is 0 Å². The highest BCUT2D eigenvalue weighted by Crippen LogP contribution is 2.55. The average Bonchev–Trinajstić information content (AvgIpc) is 2.25. The first-order chi connectivity index (χ1) is 9.19. The van der Waals surface area contributed by atoms with Crippen LogP contribution in [0.4, 0.5) is 0 Å². The third-order valence-corrected chi connectivity index (χ3v) is 5.44. The summed E-state index contributed by atoms with van der Waals surface area (Å²) in [5.41, 5.74) is -0.181. The largest absolute Gasteiger partial charge is 0.459 e. The molecule has 0 spiro atoms. The van der Waals surface area contributed by atoms with Crippen LogP contribution >= 0.6 is 0 Å². The van der Waals surface area contributed by atoms with Crippen LogP contribution in [0, 0.1) is 17.8 Å². The second-order valence-electron chi connectivity index (χ2n) is 7.30. The molecule has 0 aromatic heterocycles. The van der Waals surface area contributed by atoms with Crippen molar-refractivity contribution in [2.45, 2.75) is 71.0 Å². The number of hydrogen-bond donors (Lipinski definition) is 1. The molecule has 0 aromatic rings. The number of fused-ring (bicyclic) bond motifs is 1. The summed E-state index contributed by atoms with van der Waals surface area (Å²) < 4.78 is 5.65. The molecule has 0 bridgehead atoms. The predicted molar refractivity (Wildman–Crippen MR) is 79.2 cm³/mol. The van der Waals surface area contributed by atoms with E-state index >= 15 is 0 Å². The van der Waals surface area contributed by atoms with Crippen LogP contribution in [-0.4, -0.2) is 22.3 Å². The Kier molecular flexibility index (Phi) is 4.03. The van der Waals surface area contributed by atoms with Gasteiger partial charge in [0.25, 0.3) is 0 Å². The fraction of sp³-hybridized carbons (Fsp3) is 0.824. The molecule has 20 heavy (non-hydrogen) atoms. The van der Waals surface area contributed by atoms with Gasteiger partial charge in [0.05, 0.1) is 5.60 Å². The molecule has 0 radical (unpaired) electrons. The van der Waals surface area contributed by atoms with Gasteiger partial charge in [0, 0.05) is 12.8 Å². The van der Waals surface area contributed by atoms with Gasteiger partial charge in [-0.1, -0.05) is 26.0 Å². The summed E-state index contributed by atoms with van der Waals surface area (Å²) in [5, 5.41) is 11.4. The minimum absolute atomic E-state index is 0.0190. The molecule has 2 unspecified atom stereocenters. The zero-order valence-electron chi connectivity index (χ0n) is 13.2. The Morgan fingerprint density at radius 1 is 1.45 bits per heavy atom. The second-order valence-corrected chi connectivity index (χ2v) is 7.30. The molecule has 3 heteroatoms. The average molecular weight is 280 g/mol. The van der Waals surface area contributed by atoms with E-state index in [9.17, 15) is 9.90 Å². The van der Waals surface area contributed by atoms with E-state index in [1.807, 2.05) is 6.92 Å². The lowest BCUT2D eigenvalue weighted by molar-refractivity contribution is -0.215. The minimum Gasteiger partial charge on any atom is -0.459 e. The summed E-state index contributed by atoms with van der Waals surface area (Å²) in [6.45, 7) is 11.9. The van der Waals surface area contributed by atoms with Gasteiger partial charge in [-0.25, -0.2) is 0 Å². The van der Waals surface area contributed by atoms with Crippen LogP contribution in [0.25, 0.3) is 0 Å². The molecule has 1 N–H and O–H groups in total. The highest BCUT2D eigenvalue weighted by molar-refractivity contribution is 5.66. The summed E-state index contributed by atoms with van der Waals surface area (Å²) in [7, 11) is 0. The normalized spacial score (nSPS) is 41.4. The van der Waals surface area contributed by atoms with Gasteiger partial charge in [0.2, 0.25) is 0 Å². The Labute approximate surface area is 122 Å². The lowest BCUT2D eigenvalue weighted by Crippen LogP contribution is -2.62. The number of carbonyl (C=O) groups excluding carboxylic acids is 1. The van der Waals surface area contributed by atoms with E-state index in [1.165, 1.54) is 6.92 Å². The van der Waals surface area contributed by atoms with E-state index < -0.39 is 11.2 Å². The Balaban J connectivity index is 2.36. The van der Waals surface area contributed by atoms with Crippen molar-refractivity contribution in [1.29, 1.82) is 0 Å². The van der Waals surface area contributed by atoms with Crippen LogP contribution < -0.4 is 0 Å². The van der Waals surface area contributed by atoms with Crippen molar-refractivity contribution in [3.63, 3.8) is 0 Å². The molecule has 0 aromatic carbocycles. The summed E-state index contributed by atoms with van der Waals surface area (Å²) in [6, 6.07) is 0. The molecule has 0 heterocycles. The molecule has 2 aliphatic rings. The maximum Gasteiger partial charge on any atom is 0.303 e. The molecule has 2 saturated carbocycles. The van der Waals surface area contributed by atoms with Gasteiger partial charge in [-0.2, -0.15) is 0 Å². The molecular formula is C17H28O3. The zero-order valence-corrected chi connectivity index (χ0v) is 13.2. The fourth-order valence-electron chi connectivity index (χ4n) is 4.66. The SMILES string of the molecule is C=C1CCC2[C@@](O)(C1)C(C(C)C)CC[C@@]2(C)OC(C)=O. The molecule has 114 valence electrons. The highest BCUT2D eigenvalue weighted by atomic mass is 16.6. The van der Waals surface area contributed by atoms with Crippen molar-refractivity contribution < 1.29 is 14.6 Å². The van der Waals surface area contributed by atoms with Gasteiger partial charge < -0.3 is 9.84 Å². The number of rotatable bonds is 2. The monoisotopic (exact) mass is 280 g/mol.